The van der Waals surface area contributed by atoms with Crippen LogP contribution in [0.1, 0.15) is 29.8 Å². The molecule has 1 heterocycles. The molecule has 2 aromatic rings. The van der Waals surface area contributed by atoms with Crippen molar-refractivity contribution in [3.8, 4) is 5.88 Å². The van der Waals surface area contributed by atoms with Crippen molar-refractivity contribution in [3.63, 3.8) is 0 Å². The molecule has 0 amide bonds. The number of hydrogen-bond acceptors (Lipinski definition) is 3. The molecule has 3 heteroatoms. The van der Waals surface area contributed by atoms with Gasteiger partial charge in [0.05, 0.1) is 0 Å². The van der Waals surface area contributed by atoms with Gasteiger partial charge in [-0.05, 0) is 25.0 Å². The first-order chi connectivity index (χ1) is 8.70. The molecule has 18 heavy (non-hydrogen) atoms. The minimum Gasteiger partial charge on any atom is -0.470 e. The molecule has 0 aliphatic heterocycles. The van der Waals surface area contributed by atoms with E-state index in [1.165, 1.54) is 0 Å². The van der Waals surface area contributed by atoms with Crippen LogP contribution in [0.3, 0.4) is 0 Å². The maximum atomic E-state index is 5.83. The van der Waals surface area contributed by atoms with Gasteiger partial charge in [-0.25, -0.2) is 4.98 Å². The number of rotatable bonds is 4. The lowest BCUT2D eigenvalue weighted by atomic mass is 10.1. The van der Waals surface area contributed by atoms with Gasteiger partial charge in [-0.2, -0.15) is 0 Å². The van der Waals surface area contributed by atoms with Gasteiger partial charge in [-0.3, -0.25) is 0 Å². The topological polar surface area (TPSA) is 48.1 Å². The van der Waals surface area contributed by atoms with E-state index in [4.69, 9.17) is 10.5 Å². The molecule has 1 atom stereocenters. The molecule has 1 aromatic carbocycles. The van der Waals surface area contributed by atoms with Gasteiger partial charge in [-0.15, -0.1) is 0 Å². The van der Waals surface area contributed by atoms with Crippen LogP contribution in [0.2, 0.25) is 0 Å². The molecule has 0 bridgehead atoms. The van der Waals surface area contributed by atoms with Crippen LogP contribution in [-0.4, -0.2) is 4.98 Å². The lowest BCUT2D eigenvalue weighted by Crippen LogP contribution is -2.06. The Morgan fingerprint density at radius 2 is 1.89 bits per heavy atom. The summed E-state index contributed by atoms with van der Waals surface area (Å²) in [5, 5.41) is 0. The standard InChI is InChI=1S/C15H18N2O/c1-11-14(10-16)8-9-15(17-11)18-12(2)13-6-4-3-5-7-13/h3-9,12H,10,16H2,1-2H3. The second-order valence-electron chi connectivity index (χ2n) is 4.27. The predicted octanol–water partition coefficient (Wildman–Crippen LogP) is 2.99. The predicted molar refractivity (Wildman–Crippen MR) is 72.4 cm³/mol. The smallest absolute Gasteiger partial charge is 0.214 e. The molecule has 0 radical (unpaired) electrons. The minimum atomic E-state index is -0.0122. The zero-order valence-electron chi connectivity index (χ0n) is 10.8. The van der Waals surface area contributed by atoms with Gasteiger partial charge in [0.15, 0.2) is 0 Å². The molecule has 0 fully saturated rings. The summed E-state index contributed by atoms with van der Waals surface area (Å²) in [5.41, 5.74) is 8.73. The maximum absolute atomic E-state index is 5.83. The largest absolute Gasteiger partial charge is 0.470 e. The Morgan fingerprint density at radius 3 is 2.50 bits per heavy atom. The summed E-state index contributed by atoms with van der Waals surface area (Å²) < 4.78 is 5.83. The lowest BCUT2D eigenvalue weighted by molar-refractivity contribution is 0.217. The fourth-order valence-corrected chi connectivity index (χ4v) is 1.82. The van der Waals surface area contributed by atoms with Crippen LogP contribution in [0.25, 0.3) is 0 Å². The van der Waals surface area contributed by atoms with Crippen LogP contribution in [0.4, 0.5) is 0 Å². The molecule has 0 saturated carbocycles. The van der Waals surface area contributed by atoms with Crippen molar-refractivity contribution in [1.82, 2.24) is 4.98 Å². The summed E-state index contributed by atoms with van der Waals surface area (Å²) in [7, 11) is 0. The van der Waals surface area contributed by atoms with Gasteiger partial charge in [0, 0.05) is 18.3 Å². The number of nitrogens with two attached hydrogens (primary N) is 1. The van der Waals surface area contributed by atoms with Crippen molar-refractivity contribution in [1.29, 1.82) is 0 Å². The lowest BCUT2D eigenvalue weighted by Gasteiger charge is -2.15. The normalized spacial score (nSPS) is 12.2. The zero-order valence-corrected chi connectivity index (χ0v) is 10.8. The van der Waals surface area contributed by atoms with Crippen LogP contribution < -0.4 is 10.5 Å². The van der Waals surface area contributed by atoms with Crippen LogP contribution in [-0.2, 0) is 6.54 Å². The first kappa shape index (κ1) is 12.6. The van der Waals surface area contributed by atoms with Gasteiger partial charge < -0.3 is 10.5 Å². The Labute approximate surface area is 108 Å². The molecule has 0 aliphatic carbocycles. The fraction of sp³-hybridized carbons (Fsp3) is 0.267. The van der Waals surface area contributed by atoms with Crippen molar-refractivity contribution in [2.75, 3.05) is 0 Å². The highest BCUT2D eigenvalue weighted by atomic mass is 16.5. The molecular formula is C15H18N2O. The number of aryl methyl sites for hydroxylation is 1. The maximum Gasteiger partial charge on any atom is 0.214 e. The van der Waals surface area contributed by atoms with Gasteiger partial charge >= 0.3 is 0 Å². The van der Waals surface area contributed by atoms with E-state index in [9.17, 15) is 0 Å². The third-order valence-corrected chi connectivity index (χ3v) is 2.96. The monoisotopic (exact) mass is 242 g/mol. The van der Waals surface area contributed by atoms with Crippen molar-refractivity contribution < 1.29 is 4.74 Å². The summed E-state index contributed by atoms with van der Waals surface area (Å²) in [6, 6.07) is 13.9. The second-order valence-corrected chi connectivity index (χ2v) is 4.27. The van der Waals surface area contributed by atoms with Crippen molar-refractivity contribution in [2.45, 2.75) is 26.5 Å². The third kappa shape index (κ3) is 2.87. The van der Waals surface area contributed by atoms with Crippen molar-refractivity contribution in [2.24, 2.45) is 5.73 Å². The Balaban J connectivity index is 2.12. The van der Waals surface area contributed by atoms with Crippen molar-refractivity contribution >= 4 is 0 Å². The summed E-state index contributed by atoms with van der Waals surface area (Å²) in [6.45, 7) is 4.47. The Morgan fingerprint density at radius 1 is 1.17 bits per heavy atom. The van der Waals surface area contributed by atoms with Crippen molar-refractivity contribution in [3.05, 3.63) is 59.3 Å². The van der Waals surface area contributed by atoms with Crippen LogP contribution in [0.15, 0.2) is 42.5 Å². The molecule has 1 unspecified atom stereocenters. The summed E-state index contributed by atoms with van der Waals surface area (Å²) in [6.07, 6.45) is -0.0122. The quantitative estimate of drug-likeness (QED) is 0.896. The highest BCUT2D eigenvalue weighted by Crippen LogP contribution is 2.20. The number of benzene rings is 1. The molecule has 0 saturated heterocycles. The van der Waals surface area contributed by atoms with Gasteiger partial charge in [0.25, 0.3) is 0 Å². The Bertz CT molecular complexity index is 511. The van der Waals surface area contributed by atoms with E-state index in [0.29, 0.717) is 12.4 Å². The molecule has 0 spiro atoms. The average Bonchev–Trinajstić information content (AvgIpc) is 2.40. The summed E-state index contributed by atoms with van der Waals surface area (Å²) >= 11 is 0. The van der Waals surface area contributed by atoms with E-state index in [2.05, 4.69) is 4.98 Å². The highest BCUT2D eigenvalue weighted by Gasteiger charge is 2.08. The Kier molecular flexibility index (Phi) is 3.95. The molecule has 0 aliphatic rings. The molecule has 2 N–H and O–H groups in total. The van der Waals surface area contributed by atoms with Gasteiger partial charge in [-0.1, -0.05) is 36.4 Å². The van der Waals surface area contributed by atoms with Crippen LogP contribution in [0, 0.1) is 6.92 Å². The number of hydrogen-bond donors (Lipinski definition) is 1. The Hall–Kier alpha value is -1.87. The number of nitrogens with zero attached hydrogens (tertiary/aromatic N) is 1. The number of aromatic nitrogens is 1. The first-order valence-corrected chi connectivity index (χ1v) is 6.09. The zero-order chi connectivity index (χ0) is 13.0. The molecule has 2 rings (SSSR count). The minimum absolute atomic E-state index is 0.0122. The molecule has 1 aromatic heterocycles. The summed E-state index contributed by atoms with van der Waals surface area (Å²) in [5.74, 6) is 0.640. The third-order valence-electron chi connectivity index (χ3n) is 2.96. The van der Waals surface area contributed by atoms with E-state index in [1.807, 2.05) is 56.3 Å². The van der Waals surface area contributed by atoms with Crippen LogP contribution >= 0.6 is 0 Å². The highest BCUT2D eigenvalue weighted by molar-refractivity contribution is 5.26. The van der Waals surface area contributed by atoms with E-state index in [-0.39, 0.29) is 6.10 Å². The van der Waals surface area contributed by atoms with E-state index in [0.717, 1.165) is 16.8 Å². The first-order valence-electron chi connectivity index (χ1n) is 6.09. The molecular weight excluding hydrogens is 224 g/mol. The van der Waals surface area contributed by atoms with E-state index < -0.39 is 0 Å². The van der Waals surface area contributed by atoms with Crippen LogP contribution in [0.5, 0.6) is 5.88 Å². The summed E-state index contributed by atoms with van der Waals surface area (Å²) in [4.78, 5) is 4.41. The average molecular weight is 242 g/mol. The SMILES string of the molecule is Cc1nc(OC(C)c2ccccc2)ccc1CN. The number of pyridine rings is 1. The molecule has 3 nitrogen and oxygen atoms in total. The second kappa shape index (κ2) is 5.65. The van der Waals surface area contributed by atoms with Gasteiger partial charge in [0.1, 0.15) is 6.10 Å². The number of ether oxygens (including phenoxy) is 1. The van der Waals surface area contributed by atoms with Gasteiger partial charge in [0.2, 0.25) is 5.88 Å². The molecule has 94 valence electrons. The van der Waals surface area contributed by atoms with E-state index in [1.54, 1.807) is 0 Å². The fourth-order valence-electron chi connectivity index (χ4n) is 1.82. The van der Waals surface area contributed by atoms with E-state index >= 15 is 0 Å².